The summed E-state index contributed by atoms with van der Waals surface area (Å²) >= 11 is 0. The molecular weight excluding hydrogens is 396 g/mol. The Morgan fingerprint density at radius 1 is 1.13 bits per heavy atom. The molecule has 1 atom stereocenters. The first-order chi connectivity index (χ1) is 13.9. The van der Waals surface area contributed by atoms with Gasteiger partial charge < -0.3 is 14.6 Å². The molecule has 1 N–H and O–H groups in total. The van der Waals surface area contributed by atoms with Gasteiger partial charge in [0.2, 0.25) is 0 Å². The van der Waals surface area contributed by atoms with Crippen LogP contribution in [0.1, 0.15) is 36.7 Å². The van der Waals surface area contributed by atoms with E-state index in [9.17, 15) is 23.5 Å². The highest BCUT2D eigenvalue weighted by atomic mass is 19.1. The third kappa shape index (κ3) is 5.76. The average molecular weight is 421 g/mol. The summed E-state index contributed by atoms with van der Waals surface area (Å²) in [5.41, 5.74) is -1.30. The van der Waals surface area contributed by atoms with Crippen LogP contribution < -0.4 is 0 Å². The summed E-state index contributed by atoms with van der Waals surface area (Å²) in [6.45, 7) is 5.83. The van der Waals surface area contributed by atoms with Gasteiger partial charge in [0, 0.05) is 0 Å². The van der Waals surface area contributed by atoms with Crippen LogP contribution in [-0.2, 0) is 14.3 Å². The zero-order chi connectivity index (χ0) is 22.6. The van der Waals surface area contributed by atoms with Crippen molar-refractivity contribution in [3.8, 4) is 0 Å². The number of allylic oxidation sites excluding steroid dienone is 2. The zero-order valence-corrected chi connectivity index (χ0v) is 17.5. The van der Waals surface area contributed by atoms with E-state index in [1.165, 1.54) is 38.3 Å². The Morgan fingerprint density at radius 2 is 1.70 bits per heavy atom. The maximum absolute atomic E-state index is 14.5. The van der Waals surface area contributed by atoms with Crippen molar-refractivity contribution in [2.75, 3.05) is 13.7 Å². The Kier molecular flexibility index (Phi) is 7.15. The van der Waals surface area contributed by atoms with E-state index in [0.29, 0.717) is 5.56 Å². The number of methoxy groups -OCH3 is 1. The van der Waals surface area contributed by atoms with Gasteiger partial charge in [0.1, 0.15) is 35.1 Å². The molecule has 1 aliphatic carbocycles. The summed E-state index contributed by atoms with van der Waals surface area (Å²) in [5, 5.41) is 9.84. The molecule has 2 rings (SSSR count). The minimum atomic E-state index is -1.09. The summed E-state index contributed by atoms with van der Waals surface area (Å²) < 4.78 is 39.5. The van der Waals surface area contributed by atoms with Gasteiger partial charge in [-0.25, -0.2) is 8.78 Å². The van der Waals surface area contributed by atoms with Crippen LogP contribution in [0.3, 0.4) is 0 Å². The highest BCUT2D eigenvalue weighted by Gasteiger charge is 2.31. The van der Waals surface area contributed by atoms with Crippen LogP contribution in [0.2, 0.25) is 0 Å². The Balaban J connectivity index is 2.58. The van der Waals surface area contributed by atoms with Gasteiger partial charge >= 0.3 is 5.97 Å². The first-order valence-corrected chi connectivity index (χ1v) is 9.25. The smallest absolute Gasteiger partial charge is 0.326 e. The minimum Gasteiger partial charge on any atom is -0.495 e. The molecule has 1 aromatic carbocycles. The van der Waals surface area contributed by atoms with Crippen molar-refractivity contribution in [2.24, 2.45) is 0 Å². The molecule has 30 heavy (non-hydrogen) atoms. The van der Waals surface area contributed by atoms with Gasteiger partial charge in [-0.1, -0.05) is 6.08 Å². The number of aliphatic hydroxyl groups is 1. The van der Waals surface area contributed by atoms with Crippen LogP contribution in [0.5, 0.6) is 0 Å². The van der Waals surface area contributed by atoms with Gasteiger partial charge in [0.25, 0.3) is 5.91 Å². The van der Waals surface area contributed by atoms with Gasteiger partial charge in [-0.15, -0.1) is 0 Å². The molecular formula is C22H25F2NO5. The van der Waals surface area contributed by atoms with Crippen molar-refractivity contribution in [3.63, 3.8) is 0 Å². The molecule has 0 aliphatic heterocycles. The van der Waals surface area contributed by atoms with Crippen molar-refractivity contribution in [1.29, 1.82) is 0 Å². The van der Waals surface area contributed by atoms with Crippen molar-refractivity contribution < 1.29 is 33.0 Å². The molecule has 0 aromatic heterocycles. The minimum absolute atomic E-state index is 0.0422. The molecule has 0 saturated heterocycles. The molecule has 0 bridgehead atoms. The maximum Gasteiger partial charge on any atom is 0.326 e. The second-order valence-corrected chi connectivity index (χ2v) is 7.74. The third-order valence-corrected chi connectivity index (χ3v) is 4.01. The van der Waals surface area contributed by atoms with Crippen LogP contribution >= 0.6 is 0 Å². The topological polar surface area (TPSA) is 76.1 Å². The summed E-state index contributed by atoms with van der Waals surface area (Å²) in [7, 11) is 1.33. The number of benzene rings is 1. The van der Waals surface area contributed by atoms with Gasteiger partial charge in [-0.05, 0) is 63.6 Å². The quantitative estimate of drug-likeness (QED) is 0.738. The number of rotatable bonds is 5. The van der Waals surface area contributed by atoms with Crippen LogP contribution in [0.15, 0.2) is 47.9 Å². The van der Waals surface area contributed by atoms with E-state index in [1.807, 2.05) is 0 Å². The number of ether oxygens (including phenoxy) is 2. The van der Waals surface area contributed by atoms with E-state index < -0.39 is 47.3 Å². The lowest BCUT2D eigenvalue weighted by Crippen LogP contribution is -2.39. The standard InChI is InChI=1S/C22H25F2NO5/c1-13-10-15(23)20(16(24)11-13)21(28)25(12-19(27)30-22(2,3)4)17-8-6-14(26)7-9-18(17)29-5/h6-11,14,26H,12H2,1-5H3. The van der Waals surface area contributed by atoms with Crippen LogP contribution in [0.25, 0.3) is 0 Å². The average Bonchev–Trinajstić information content (AvgIpc) is 2.78. The molecule has 1 unspecified atom stereocenters. The Hall–Kier alpha value is -3.00. The van der Waals surface area contributed by atoms with E-state index in [1.54, 1.807) is 20.8 Å². The summed E-state index contributed by atoms with van der Waals surface area (Å²) in [6, 6.07) is 2.06. The summed E-state index contributed by atoms with van der Waals surface area (Å²) in [6.07, 6.45) is 4.51. The number of aliphatic hydroxyl groups excluding tert-OH is 1. The number of esters is 1. The largest absolute Gasteiger partial charge is 0.495 e. The number of hydrogen-bond donors (Lipinski definition) is 1. The molecule has 162 valence electrons. The Labute approximate surface area is 174 Å². The molecule has 1 aliphatic rings. The number of nitrogens with zero attached hydrogens (tertiary/aromatic N) is 1. The summed E-state index contributed by atoms with van der Waals surface area (Å²) in [5.74, 6) is -3.87. The first kappa shape index (κ1) is 23.3. The van der Waals surface area contributed by atoms with Crippen LogP contribution in [0.4, 0.5) is 8.78 Å². The molecule has 0 spiro atoms. The fraction of sp³-hybridized carbons (Fsp3) is 0.364. The number of carbonyl (C=O) groups is 2. The van der Waals surface area contributed by atoms with Crippen molar-refractivity contribution in [3.05, 3.63) is 70.7 Å². The van der Waals surface area contributed by atoms with Crippen LogP contribution in [-0.4, -0.2) is 47.2 Å². The monoisotopic (exact) mass is 421 g/mol. The summed E-state index contributed by atoms with van der Waals surface area (Å²) in [4.78, 5) is 26.5. The molecule has 0 fully saturated rings. The second-order valence-electron chi connectivity index (χ2n) is 7.74. The fourth-order valence-electron chi connectivity index (χ4n) is 2.81. The fourth-order valence-corrected chi connectivity index (χ4v) is 2.81. The number of amides is 1. The van der Waals surface area contributed by atoms with Gasteiger partial charge in [0.05, 0.1) is 18.9 Å². The molecule has 1 aromatic rings. The van der Waals surface area contributed by atoms with E-state index in [0.717, 1.165) is 17.0 Å². The molecule has 0 heterocycles. The third-order valence-electron chi connectivity index (χ3n) is 4.01. The second kappa shape index (κ2) is 9.21. The Bertz CT molecular complexity index is 905. The number of hydrogen-bond acceptors (Lipinski definition) is 5. The van der Waals surface area contributed by atoms with E-state index in [4.69, 9.17) is 9.47 Å². The lowest BCUT2D eigenvalue weighted by molar-refractivity contribution is -0.155. The highest BCUT2D eigenvalue weighted by molar-refractivity contribution is 5.98. The highest BCUT2D eigenvalue weighted by Crippen LogP contribution is 2.24. The molecule has 8 heteroatoms. The molecule has 0 saturated carbocycles. The van der Waals surface area contributed by atoms with Crippen molar-refractivity contribution in [2.45, 2.75) is 39.4 Å². The van der Waals surface area contributed by atoms with Crippen molar-refractivity contribution in [1.82, 2.24) is 4.90 Å². The van der Waals surface area contributed by atoms with Crippen LogP contribution in [0, 0.1) is 18.6 Å². The maximum atomic E-state index is 14.5. The number of aryl methyl sites for hydroxylation is 1. The predicted octanol–water partition coefficient (Wildman–Crippen LogP) is 3.40. The first-order valence-electron chi connectivity index (χ1n) is 9.25. The SMILES string of the molecule is COC1=C(N(CC(=O)OC(C)(C)C)C(=O)c2c(F)cc(C)cc2F)C=CC(O)C=C1. The van der Waals surface area contributed by atoms with Gasteiger partial charge in [-0.2, -0.15) is 0 Å². The lowest BCUT2D eigenvalue weighted by Gasteiger charge is -2.27. The predicted molar refractivity (Wildman–Crippen MR) is 106 cm³/mol. The zero-order valence-electron chi connectivity index (χ0n) is 17.5. The Morgan fingerprint density at radius 3 is 2.23 bits per heavy atom. The number of halogens is 2. The van der Waals surface area contributed by atoms with Crippen molar-refractivity contribution >= 4 is 11.9 Å². The normalized spacial score (nSPS) is 16.3. The molecule has 0 radical (unpaired) electrons. The van der Waals surface area contributed by atoms with Gasteiger partial charge in [0.15, 0.2) is 0 Å². The lowest BCUT2D eigenvalue weighted by atomic mass is 10.1. The van der Waals surface area contributed by atoms with E-state index in [-0.39, 0.29) is 11.5 Å². The molecule has 6 nitrogen and oxygen atoms in total. The van der Waals surface area contributed by atoms with E-state index >= 15 is 0 Å². The van der Waals surface area contributed by atoms with Gasteiger partial charge in [-0.3, -0.25) is 14.5 Å². The molecule has 1 amide bonds. The van der Waals surface area contributed by atoms with E-state index in [2.05, 4.69) is 0 Å². The number of carbonyl (C=O) groups excluding carboxylic acids is 2.